The molecule has 3 aromatic rings. The van der Waals surface area contributed by atoms with Crippen LogP contribution in [0.2, 0.25) is 0 Å². The zero-order valence-electron chi connectivity index (χ0n) is 15.3. The molecule has 0 unspecified atom stereocenters. The van der Waals surface area contributed by atoms with Crippen LogP contribution in [0.1, 0.15) is 24.2 Å². The molecule has 2 aromatic carbocycles. The smallest absolute Gasteiger partial charge is 0.319 e. The Balaban J connectivity index is 1.57. The van der Waals surface area contributed by atoms with Gasteiger partial charge in [0, 0.05) is 23.8 Å². The number of carbonyl (C=O) groups excluding carboxylic acids is 2. The number of nitrogens with one attached hydrogen (secondary N) is 3. The molecular weight excluding hydrogens is 344 g/mol. The van der Waals surface area contributed by atoms with Crippen molar-refractivity contribution in [3.63, 3.8) is 0 Å². The van der Waals surface area contributed by atoms with Gasteiger partial charge in [-0.2, -0.15) is 0 Å². The van der Waals surface area contributed by atoms with Gasteiger partial charge < -0.3 is 16.0 Å². The summed E-state index contributed by atoms with van der Waals surface area (Å²) in [4.78, 5) is 24.0. The van der Waals surface area contributed by atoms with Gasteiger partial charge in [-0.1, -0.05) is 23.4 Å². The number of para-hydroxylation sites is 1. The van der Waals surface area contributed by atoms with Gasteiger partial charge in [0.15, 0.2) is 0 Å². The molecule has 0 aliphatic carbocycles. The average molecular weight is 366 g/mol. The molecule has 27 heavy (non-hydrogen) atoms. The van der Waals surface area contributed by atoms with Gasteiger partial charge in [0.2, 0.25) is 0 Å². The van der Waals surface area contributed by atoms with Crippen LogP contribution in [0.15, 0.2) is 48.5 Å². The number of rotatable bonds is 6. The van der Waals surface area contributed by atoms with Gasteiger partial charge in [-0.15, -0.1) is 5.10 Å². The first-order valence-corrected chi connectivity index (χ1v) is 8.77. The third-order valence-electron chi connectivity index (χ3n) is 3.84. The van der Waals surface area contributed by atoms with Crippen LogP contribution >= 0.6 is 0 Å². The van der Waals surface area contributed by atoms with Crippen LogP contribution in [-0.4, -0.2) is 39.5 Å². The fourth-order valence-electron chi connectivity index (χ4n) is 2.60. The largest absolute Gasteiger partial charge is 0.350 e. The second-order valence-electron chi connectivity index (χ2n) is 6.39. The third kappa shape index (κ3) is 4.81. The number of anilines is 1. The molecule has 3 N–H and O–H groups in total. The van der Waals surface area contributed by atoms with Crippen molar-refractivity contribution in [2.24, 2.45) is 0 Å². The maximum absolute atomic E-state index is 12.1. The van der Waals surface area contributed by atoms with Crippen molar-refractivity contribution in [2.75, 3.05) is 11.9 Å². The van der Waals surface area contributed by atoms with Crippen molar-refractivity contribution in [1.29, 1.82) is 0 Å². The maximum Gasteiger partial charge on any atom is 0.319 e. The lowest BCUT2D eigenvalue weighted by molar-refractivity contribution is 0.0943. The lowest BCUT2D eigenvalue weighted by Crippen LogP contribution is -2.31. The highest BCUT2D eigenvalue weighted by Crippen LogP contribution is 2.13. The molecule has 8 nitrogen and oxygen atoms in total. The highest BCUT2D eigenvalue weighted by Gasteiger charge is 2.11. The van der Waals surface area contributed by atoms with Crippen molar-refractivity contribution in [3.8, 4) is 0 Å². The molecule has 3 rings (SSSR count). The van der Waals surface area contributed by atoms with Crippen LogP contribution in [0.4, 0.5) is 10.5 Å². The van der Waals surface area contributed by atoms with E-state index in [0.717, 1.165) is 11.2 Å². The summed E-state index contributed by atoms with van der Waals surface area (Å²) in [6.45, 7) is 4.68. The molecule has 0 saturated heterocycles. The first-order valence-electron chi connectivity index (χ1n) is 8.77. The number of hydrogen-bond acceptors (Lipinski definition) is 4. The molecule has 0 spiro atoms. The van der Waals surface area contributed by atoms with Crippen molar-refractivity contribution >= 4 is 28.7 Å². The number of hydrogen-bond donors (Lipinski definition) is 3. The minimum Gasteiger partial charge on any atom is -0.350 e. The summed E-state index contributed by atoms with van der Waals surface area (Å²) in [7, 11) is 0. The van der Waals surface area contributed by atoms with E-state index in [1.807, 2.05) is 50.2 Å². The van der Waals surface area contributed by atoms with Crippen LogP contribution in [0.5, 0.6) is 0 Å². The van der Waals surface area contributed by atoms with Gasteiger partial charge >= 0.3 is 6.03 Å². The van der Waals surface area contributed by atoms with Gasteiger partial charge in [0.1, 0.15) is 5.52 Å². The normalized spacial score (nSPS) is 10.8. The molecule has 0 atom stereocenters. The minimum atomic E-state index is -0.279. The number of fused-ring (bicyclic) bond motifs is 1. The first-order chi connectivity index (χ1) is 13.0. The van der Waals surface area contributed by atoms with Crippen molar-refractivity contribution in [3.05, 3.63) is 54.1 Å². The molecule has 0 radical (unpaired) electrons. The zero-order valence-corrected chi connectivity index (χ0v) is 15.3. The van der Waals surface area contributed by atoms with E-state index in [4.69, 9.17) is 0 Å². The topological polar surface area (TPSA) is 101 Å². The van der Waals surface area contributed by atoms with E-state index in [-0.39, 0.29) is 18.0 Å². The summed E-state index contributed by atoms with van der Waals surface area (Å²) in [5.41, 5.74) is 2.72. The lowest BCUT2D eigenvalue weighted by Gasteiger charge is -2.09. The van der Waals surface area contributed by atoms with Crippen LogP contribution in [0.25, 0.3) is 11.0 Å². The molecule has 1 aromatic heterocycles. The predicted molar refractivity (Wildman–Crippen MR) is 104 cm³/mol. The highest BCUT2D eigenvalue weighted by molar-refractivity contribution is 5.97. The number of nitrogens with zero attached hydrogens (tertiary/aromatic N) is 3. The van der Waals surface area contributed by atoms with Gasteiger partial charge in [-0.25, -0.2) is 9.48 Å². The molecular formula is C19H22N6O2. The highest BCUT2D eigenvalue weighted by atomic mass is 16.2. The Morgan fingerprint density at radius 3 is 2.63 bits per heavy atom. The number of carbonyl (C=O) groups is 2. The minimum absolute atomic E-state index is 0.0667. The fraction of sp³-hybridized carbons (Fsp3) is 0.263. The van der Waals surface area contributed by atoms with Crippen molar-refractivity contribution in [2.45, 2.75) is 26.4 Å². The molecule has 0 bridgehead atoms. The molecule has 0 aliphatic rings. The number of aromatic nitrogens is 3. The Kier molecular flexibility index (Phi) is 5.65. The summed E-state index contributed by atoms with van der Waals surface area (Å²) in [6.07, 6.45) is 0. The van der Waals surface area contributed by atoms with Crippen LogP contribution in [0, 0.1) is 0 Å². The molecule has 1 heterocycles. The number of benzene rings is 2. The average Bonchev–Trinajstić information content (AvgIpc) is 3.04. The Bertz CT molecular complexity index is 936. The Labute approximate surface area is 156 Å². The van der Waals surface area contributed by atoms with E-state index in [0.29, 0.717) is 24.2 Å². The summed E-state index contributed by atoms with van der Waals surface area (Å²) in [5, 5.41) is 16.6. The van der Waals surface area contributed by atoms with Crippen LogP contribution < -0.4 is 16.0 Å². The van der Waals surface area contributed by atoms with E-state index < -0.39 is 0 Å². The maximum atomic E-state index is 12.1. The molecule has 3 amide bonds. The SMILES string of the molecule is CC(C)NC(=O)c1ccc2c(c1)nnn2CCNC(=O)Nc1ccccc1. The quantitative estimate of drug-likeness (QED) is 0.623. The molecule has 140 valence electrons. The third-order valence-corrected chi connectivity index (χ3v) is 3.84. The summed E-state index contributed by atoms with van der Waals surface area (Å²) < 4.78 is 1.70. The fourth-order valence-corrected chi connectivity index (χ4v) is 2.60. The standard InChI is InChI=1S/C19H22N6O2/c1-13(2)21-18(26)14-8-9-17-16(12-14)23-24-25(17)11-10-20-19(27)22-15-6-4-3-5-7-15/h3-9,12-13H,10-11H2,1-2H3,(H,21,26)(H2,20,22,27). The lowest BCUT2D eigenvalue weighted by atomic mass is 10.2. The van der Waals surface area contributed by atoms with Crippen molar-refractivity contribution < 1.29 is 9.59 Å². The van der Waals surface area contributed by atoms with E-state index >= 15 is 0 Å². The van der Waals surface area contributed by atoms with Crippen molar-refractivity contribution in [1.82, 2.24) is 25.6 Å². The van der Waals surface area contributed by atoms with E-state index in [2.05, 4.69) is 26.3 Å². The van der Waals surface area contributed by atoms with Gasteiger partial charge in [-0.05, 0) is 44.2 Å². The van der Waals surface area contributed by atoms with Gasteiger partial charge in [-0.3, -0.25) is 4.79 Å². The first kappa shape index (κ1) is 18.4. The molecule has 0 aliphatic heterocycles. The Morgan fingerprint density at radius 1 is 1.11 bits per heavy atom. The van der Waals surface area contributed by atoms with Gasteiger partial charge in [0.25, 0.3) is 5.91 Å². The molecule has 0 fully saturated rings. The van der Waals surface area contributed by atoms with Crippen LogP contribution in [-0.2, 0) is 6.54 Å². The van der Waals surface area contributed by atoms with E-state index in [1.165, 1.54) is 0 Å². The summed E-state index contributed by atoms with van der Waals surface area (Å²) >= 11 is 0. The second-order valence-corrected chi connectivity index (χ2v) is 6.39. The van der Waals surface area contributed by atoms with E-state index in [9.17, 15) is 9.59 Å². The summed E-state index contributed by atoms with van der Waals surface area (Å²) in [5.74, 6) is -0.138. The Hall–Kier alpha value is -3.42. The zero-order chi connectivity index (χ0) is 19.2. The van der Waals surface area contributed by atoms with E-state index in [1.54, 1.807) is 16.8 Å². The second kappa shape index (κ2) is 8.31. The summed E-state index contributed by atoms with van der Waals surface area (Å²) in [6, 6.07) is 14.3. The van der Waals surface area contributed by atoms with Crippen LogP contribution in [0.3, 0.4) is 0 Å². The monoisotopic (exact) mass is 366 g/mol. The number of amides is 3. The molecule has 8 heteroatoms. The van der Waals surface area contributed by atoms with Gasteiger partial charge in [0.05, 0.1) is 12.1 Å². The number of urea groups is 1. The molecule has 0 saturated carbocycles. The Morgan fingerprint density at radius 2 is 1.89 bits per heavy atom. The predicted octanol–water partition coefficient (Wildman–Crippen LogP) is 2.39.